The predicted octanol–water partition coefficient (Wildman–Crippen LogP) is 2.53. The first kappa shape index (κ1) is 15.8. The van der Waals surface area contributed by atoms with Crippen LogP contribution < -0.4 is 0 Å². The highest BCUT2D eigenvalue weighted by Crippen LogP contribution is 2.20. The van der Waals surface area contributed by atoms with Crippen LogP contribution >= 0.6 is 0 Å². The number of aryl methyl sites for hydroxylation is 1. The smallest absolute Gasteiger partial charge is 0.275 e. The summed E-state index contributed by atoms with van der Waals surface area (Å²) < 4.78 is 1.79. The van der Waals surface area contributed by atoms with Crippen molar-refractivity contribution in [2.24, 2.45) is 7.05 Å². The number of carbonyl (C=O) groups excluding carboxylic acids is 1. The van der Waals surface area contributed by atoms with E-state index in [1.165, 1.54) is 5.56 Å². The summed E-state index contributed by atoms with van der Waals surface area (Å²) in [5.41, 5.74) is 2.88. The summed E-state index contributed by atoms with van der Waals surface area (Å²) in [6.45, 7) is 4.22. The summed E-state index contributed by atoms with van der Waals surface area (Å²) in [6, 6.07) is 18.4. The number of fused-ring (bicyclic) bond motifs is 1. The van der Waals surface area contributed by atoms with E-state index in [1.54, 1.807) is 4.68 Å². The standard InChI is InChI=1S/C20H22N4O/c1-22-18-10-6-5-9-17(18)19(21-22)20(25)24-13-11-23(12-14-24)15-16-7-3-2-4-8-16/h2-10H,11-15H2,1H3. The van der Waals surface area contributed by atoms with E-state index in [0.29, 0.717) is 5.69 Å². The molecular formula is C20H22N4O. The van der Waals surface area contributed by atoms with Crippen LogP contribution in [0.25, 0.3) is 10.9 Å². The van der Waals surface area contributed by atoms with Gasteiger partial charge in [0.15, 0.2) is 5.69 Å². The lowest BCUT2D eigenvalue weighted by Crippen LogP contribution is -2.48. The number of nitrogens with zero attached hydrogens (tertiary/aromatic N) is 4. The molecule has 0 N–H and O–H groups in total. The van der Waals surface area contributed by atoms with Gasteiger partial charge in [-0.25, -0.2) is 0 Å². The van der Waals surface area contributed by atoms with E-state index in [1.807, 2.05) is 42.3 Å². The van der Waals surface area contributed by atoms with E-state index in [0.717, 1.165) is 43.6 Å². The second kappa shape index (κ2) is 6.69. The molecular weight excluding hydrogens is 312 g/mol. The number of carbonyl (C=O) groups is 1. The molecule has 2 heterocycles. The lowest BCUT2D eigenvalue weighted by atomic mass is 10.1. The monoisotopic (exact) mass is 334 g/mol. The quantitative estimate of drug-likeness (QED) is 0.739. The number of hydrogen-bond acceptors (Lipinski definition) is 3. The highest BCUT2D eigenvalue weighted by molar-refractivity contribution is 6.04. The van der Waals surface area contributed by atoms with Gasteiger partial charge in [0.05, 0.1) is 5.52 Å². The average Bonchev–Trinajstić information content (AvgIpc) is 3.00. The van der Waals surface area contributed by atoms with Crippen molar-refractivity contribution in [3.05, 3.63) is 65.9 Å². The normalized spacial score (nSPS) is 15.6. The Kier molecular flexibility index (Phi) is 4.24. The molecule has 2 aromatic carbocycles. The molecule has 5 nitrogen and oxygen atoms in total. The first-order chi connectivity index (χ1) is 12.2. The van der Waals surface area contributed by atoms with Gasteiger partial charge < -0.3 is 4.90 Å². The maximum atomic E-state index is 12.9. The molecule has 1 aliphatic rings. The number of benzene rings is 2. The Labute approximate surface area is 147 Å². The molecule has 1 saturated heterocycles. The van der Waals surface area contributed by atoms with E-state index in [9.17, 15) is 4.79 Å². The van der Waals surface area contributed by atoms with Gasteiger partial charge in [-0.1, -0.05) is 48.5 Å². The molecule has 0 radical (unpaired) electrons. The van der Waals surface area contributed by atoms with E-state index in [2.05, 4.69) is 34.3 Å². The van der Waals surface area contributed by atoms with Crippen LogP contribution in [0.4, 0.5) is 0 Å². The Morgan fingerprint density at radius 2 is 1.64 bits per heavy atom. The molecule has 5 heteroatoms. The number of hydrogen-bond donors (Lipinski definition) is 0. The molecule has 0 aliphatic carbocycles. The second-order valence-electron chi connectivity index (χ2n) is 6.54. The number of piperazine rings is 1. The van der Waals surface area contributed by atoms with Gasteiger partial charge >= 0.3 is 0 Å². The third-order valence-corrected chi connectivity index (χ3v) is 4.87. The van der Waals surface area contributed by atoms with Crippen LogP contribution in [0.5, 0.6) is 0 Å². The van der Waals surface area contributed by atoms with Gasteiger partial charge in [-0.15, -0.1) is 0 Å². The van der Waals surface area contributed by atoms with Crippen molar-refractivity contribution in [2.75, 3.05) is 26.2 Å². The minimum Gasteiger partial charge on any atom is -0.335 e. The van der Waals surface area contributed by atoms with Gasteiger partial charge in [-0.05, 0) is 11.6 Å². The summed E-state index contributed by atoms with van der Waals surface area (Å²) in [7, 11) is 1.89. The molecule has 1 amide bonds. The lowest BCUT2D eigenvalue weighted by molar-refractivity contribution is 0.0624. The summed E-state index contributed by atoms with van der Waals surface area (Å²) in [6.07, 6.45) is 0. The van der Waals surface area contributed by atoms with Crippen LogP contribution in [0.15, 0.2) is 54.6 Å². The minimum absolute atomic E-state index is 0.0381. The fourth-order valence-corrected chi connectivity index (χ4v) is 3.47. The van der Waals surface area contributed by atoms with Crippen LogP contribution in [-0.2, 0) is 13.6 Å². The highest BCUT2D eigenvalue weighted by Gasteiger charge is 2.25. The molecule has 128 valence electrons. The van der Waals surface area contributed by atoms with Crippen molar-refractivity contribution in [3.63, 3.8) is 0 Å². The van der Waals surface area contributed by atoms with Crippen LogP contribution in [0.1, 0.15) is 16.1 Å². The average molecular weight is 334 g/mol. The first-order valence-electron chi connectivity index (χ1n) is 8.69. The molecule has 0 saturated carbocycles. The van der Waals surface area contributed by atoms with E-state index in [-0.39, 0.29) is 5.91 Å². The summed E-state index contributed by atoms with van der Waals surface area (Å²) in [5, 5.41) is 5.40. The number of rotatable bonds is 3. The maximum Gasteiger partial charge on any atom is 0.275 e. The van der Waals surface area contributed by atoms with Gasteiger partial charge in [0.25, 0.3) is 5.91 Å². The molecule has 0 unspecified atom stereocenters. The molecule has 1 aromatic heterocycles. The van der Waals surface area contributed by atoms with Crippen LogP contribution in [0, 0.1) is 0 Å². The Bertz CT molecular complexity index is 879. The molecule has 0 spiro atoms. The van der Waals surface area contributed by atoms with Crippen molar-refractivity contribution >= 4 is 16.8 Å². The Morgan fingerprint density at radius 1 is 0.960 bits per heavy atom. The molecule has 4 rings (SSSR count). The lowest BCUT2D eigenvalue weighted by Gasteiger charge is -2.34. The summed E-state index contributed by atoms with van der Waals surface area (Å²) in [4.78, 5) is 17.2. The molecule has 0 bridgehead atoms. The third kappa shape index (κ3) is 3.15. The fraction of sp³-hybridized carbons (Fsp3) is 0.300. The van der Waals surface area contributed by atoms with Crippen LogP contribution in [0.3, 0.4) is 0 Å². The molecule has 1 aliphatic heterocycles. The Morgan fingerprint density at radius 3 is 2.40 bits per heavy atom. The van der Waals surface area contributed by atoms with Crippen LogP contribution in [0.2, 0.25) is 0 Å². The molecule has 3 aromatic rings. The van der Waals surface area contributed by atoms with Gasteiger partial charge in [-0.2, -0.15) is 5.10 Å². The largest absolute Gasteiger partial charge is 0.335 e. The van der Waals surface area contributed by atoms with E-state index < -0.39 is 0 Å². The Hall–Kier alpha value is -2.66. The van der Waals surface area contributed by atoms with Crippen molar-refractivity contribution in [2.45, 2.75) is 6.54 Å². The summed E-state index contributed by atoms with van der Waals surface area (Å²) >= 11 is 0. The zero-order chi connectivity index (χ0) is 17.2. The van der Waals surface area contributed by atoms with Crippen molar-refractivity contribution in [1.29, 1.82) is 0 Å². The van der Waals surface area contributed by atoms with Gasteiger partial charge in [-0.3, -0.25) is 14.4 Å². The number of amides is 1. The zero-order valence-corrected chi connectivity index (χ0v) is 14.4. The van der Waals surface area contributed by atoms with Crippen LogP contribution in [-0.4, -0.2) is 51.7 Å². The van der Waals surface area contributed by atoms with Crippen molar-refractivity contribution in [3.8, 4) is 0 Å². The predicted molar refractivity (Wildman–Crippen MR) is 98.3 cm³/mol. The molecule has 0 atom stereocenters. The highest BCUT2D eigenvalue weighted by atomic mass is 16.2. The fourth-order valence-electron chi connectivity index (χ4n) is 3.47. The topological polar surface area (TPSA) is 41.4 Å². The third-order valence-electron chi connectivity index (χ3n) is 4.87. The molecule has 1 fully saturated rings. The summed E-state index contributed by atoms with van der Waals surface area (Å²) in [5.74, 6) is 0.0381. The minimum atomic E-state index is 0.0381. The van der Waals surface area contributed by atoms with Crippen molar-refractivity contribution < 1.29 is 4.79 Å². The SMILES string of the molecule is Cn1nc(C(=O)N2CCN(Cc3ccccc3)CC2)c2ccccc21. The zero-order valence-electron chi connectivity index (χ0n) is 14.4. The Balaban J connectivity index is 1.44. The van der Waals surface area contributed by atoms with Gasteiger partial charge in [0.1, 0.15) is 0 Å². The number of para-hydroxylation sites is 1. The van der Waals surface area contributed by atoms with Crippen molar-refractivity contribution in [1.82, 2.24) is 19.6 Å². The second-order valence-corrected chi connectivity index (χ2v) is 6.54. The van der Waals surface area contributed by atoms with E-state index >= 15 is 0 Å². The molecule has 25 heavy (non-hydrogen) atoms. The van der Waals surface area contributed by atoms with Gasteiger partial charge in [0.2, 0.25) is 0 Å². The first-order valence-corrected chi connectivity index (χ1v) is 8.69. The maximum absolute atomic E-state index is 12.9. The van der Waals surface area contributed by atoms with Gasteiger partial charge in [0, 0.05) is 45.2 Å². The van der Waals surface area contributed by atoms with E-state index in [4.69, 9.17) is 0 Å². The number of aromatic nitrogens is 2.